The number of thiol groups is 1. The molecular formula is C5H13NaO2S2. The van der Waals surface area contributed by atoms with E-state index in [0.29, 0.717) is 16.9 Å². The molecule has 0 saturated heterocycles. The van der Waals surface area contributed by atoms with Crippen LogP contribution in [0.15, 0.2) is 0 Å². The molecule has 0 fully saturated rings. The van der Waals surface area contributed by atoms with Crippen molar-refractivity contribution in [2.45, 2.75) is 13.8 Å². The molecule has 0 bridgehead atoms. The zero-order valence-electron chi connectivity index (χ0n) is 5.55. The van der Waals surface area contributed by atoms with Gasteiger partial charge in [-0.2, -0.15) is 0 Å². The van der Waals surface area contributed by atoms with Crippen LogP contribution in [0.5, 0.6) is 0 Å². The fourth-order valence-corrected chi connectivity index (χ4v) is 0.381. The van der Waals surface area contributed by atoms with Crippen LogP contribution in [-0.4, -0.2) is 46.0 Å². The van der Waals surface area contributed by atoms with E-state index in [-0.39, 0.29) is 35.0 Å². The summed E-state index contributed by atoms with van der Waals surface area (Å²) in [6, 6.07) is 0. The summed E-state index contributed by atoms with van der Waals surface area (Å²) in [5.41, 5.74) is 0. The summed E-state index contributed by atoms with van der Waals surface area (Å²) >= 11 is 8.34. The van der Waals surface area contributed by atoms with Crippen LogP contribution in [-0.2, 0) is 4.74 Å². The molecule has 0 aromatic rings. The van der Waals surface area contributed by atoms with Gasteiger partial charge >= 0.3 is 29.6 Å². The first kappa shape index (κ1) is 17.3. The first-order valence-corrected chi connectivity index (χ1v) is 3.34. The molecule has 0 radical (unpaired) electrons. The SMILES string of the molecule is CC(C)COC(=S)S.O.[NaH]. The zero-order chi connectivity index (χ0) is 6.57. The van der Waals surface area contributed by atoms with Crippen LogP contribution in [0.1, 0.15) is 13.8 Å². The first-order valence-electron chi connectivity index (χ1n) is 2.48. The van der Waals surface area contributed by atoms with Gasteiger partial charge in [0, 0.05) is 0 Å². The fraction of sp³-hybridized carbons (Fsp3) is 0.800. The molecular weight excluding hydrogens is 179 g/mol. The average molecular weight is 192 g/mol. The van der Waals surface area contributed by atoms with Crippen LogP contribution in [0, 0.1) is 5.92 Å². The molecule has 0 heterocycles. The van der Waals surface area contributed by atoms with Crippen molar-refractivity contribution >= 4 is 58.8 Å². The Labute approximate surface area is 94.7 Å². The molecule has 58 valence electrons. The second kappa shape index (κ2) is 10.2. The molecule has 10 heavy (non-hydrogen) atoms. The van der Waals surface area contributed by atoms with Crippen molar-refractivity contribution in [1.82, 2.24) is 0 Å². The standard InChI is InChI=1S/C5H10OS2.Na.H2O.H/c1-4(2)3-6-5(7)8;;;/h4H,3H2,1-2H3,(H,7,8);;1H2;. The number of hydrogen-bond acceptors (Lipinski definition) is 2. The molecule has 0 rings (SSSR count). The number of thiocarbonyl (C=S) groups is 1. The molecule has 2 N–H and O–H groups in total. The van der Waals surface area contributed by atoms with Crippen LogP contribution >= 0.6 is 24.8 Å². The predicted molar refractivity (Wildman–Crippen MR) is 53.1 cm³/mol. The second-order valence-corrected chi connectivity index (χ2v) is 3.05. The van der Waals surface area contributed by atoms with Crippen molar-refractivity contribution in [3.63, 3.8) is 0 Å². The molecule has 2 nitrogen and oxygen atoms in total. The van der Waals surface area contributed by atoms with Crippen molar-refractivity contribution in [2.75, 3.05) is 6.61 Å². The second-order valence-electron chi connectivity index (χ2n) is 1.97. The monoisotopic (exact) mass is 192 g/mol. The number of ether oxygens (including phenoxy) is 1. The van der Waals surface area contributed by atoms with Crippen LogP contribution in [0.25, 0.3) is 0 Å². The molecule has 0 aliphatic rings. The normalized spacial score (nSPS) is 7.60. The maximum atomic E-state index is 4.90. The van der Waals surface area contributed by atoms with E-state index in [1.165, 1.54) is 0 Å². The summed E-state index contributed by atoms with van der Waals surface area (Å²) in [5.74, 6) is 0.528. The Morgan fingerprint density at radius 1 is 1.60 bits per heavy atom. The molecule has 0 spiro atoms. The maximum absolute atomic E-state index is 4.90. The third-order valence-corrected chi connectivity index (χ3v) is 0.787. The van der Waals surface area contributed by atoms with Gasteiger partial charge in [0.05, 0.1) is 6.61 Å². The van der Waals surface area contributed by atoms with Crippen molar-refractivity contribution in [3.05, 3.63) is 0 Å². The van der Waals surface area contributed by atoms with Crippen molar-refractivity contribution < 1.29 is 10.2 Å². The Morgan fingerprint density at radius 3 is 2.10 bits per heavy atom. The minimum absolute atomic E-state index is 0. The van der Waals surface area contributed by atoms with Crippen LogP contribution in [0.4, 0.5) is 0 Å². The zero-order valence-corrected chi connectivity index (χ0v) is 7.26. The summed E-state index contributed by atoms with van der Waals surface area (Å²) in [4.78, 5) is 0. The molecule has 0 aromatic carbocycles. The Hall–Kier alpha value is 1.20. The Kier molecular flexibility index (Phi) is 17.7. The van der Waals surface area contributed by atoms with E-state index < -0.39 is 0 Å². The van der Waals surface area contributed by atoms with Gasteiger partial charge in [-0.25, -0.2) is 0 Å². The Morgan fingerprint density at radius 2 is 2.00 bits per heavy atom. The van der Waals surface area contributed by atoms with E-state index in [1.807, 2.05) is 0 Å². The van der Waals surface area contributed by atoms with Gasteiger partial charge in [-0.1, -0.05) is 26.5 Å². The first-order chi connectivity index (χ1) is 3.63. The van der Waals surface area contributed by atoms with Gasteiger partial charge < -0.3 is 10.2 Å². The fourth-order valence-electron chi connectivity index (χ4n) is 0.238. The van der Waals surface area contributed by atoms with Gasteiger partial charge in [-0.3, -0.25) is 0 Å². The summed E-state index contributed by atoms with van der Waals surface area (Å²) < 4.78 is 5.23. The van der Waals surface area contributed by atoms with Gasteiger partial charge in [-0.15, -0.1) is 0 Å². The number of hydrogen-bond donors (Lipinski definition) is 1. The summed E-state index contributed by atoms with van der Waals surface area (Å²) in [6.07, 6.45) is 0. The molecule has 0 atom stereocenters. The van der Waals surface area contributed by atoms with Crippen LogP contribution < -0.4 is 0 Å². The molecule has 0 saturated carbocycles. The summed E-state index contributed by atoms with van der Waals surface area (Å²) in [5, 5.41) is 0. The number of rotatable bonds is 2. The average Bonchev–Trinajstić information content (AvgIpc) is 1.61. The summed E-state index contributed by atoms with van der Waals surface area (Å²) in [6.45, 7) is 4.79. The van der Waals surface area contributed by atoms with E-state index in [2.05, 4.69) is 38.7 Å². The van der Waals surface area contributed by atoms with Crippen LogP contribution in [0.3, 0.4) is 0 Å². The van der Waals surface area contributed by atoms with Crippen molar-refractivity contribution in [3.8, 4) is 0 Å². The molecule has 0 aliphatic heterocycles. The van der Waals surface area contributed by atoms with Gasteiger partial charge in [0.1, 0.15) is 0 Å². The Bertz CT molecular complexity index is 87.7. The third-order valence-electron chi connectivity index (χ3n) is 0.540. The van der Waals surface area contributed by atoms with E-state index in [4.69, 9.17) is 4.74 Å². The molecule has 0 aliphatic carbocycles. The van der Waals surface area contributed by atoms with E-state index in [9.17, 15) is 0 Å². The molecule has 0 unspecified atom stereocenters. The molecule has 5 heteroatoms. The van der Waals surface area contributed by atoms with Gasteiger partial charge in [0.25, 0.3) is 0 Å². The quantitative estimate of drug-likeness (QED) is 0.391. The summed E-state index contributed by atoms with van der Waals surface area (Å²) in [7, 11) is 0. The van der Waals surface area contributed by atoms with Crippen LogP contribution in [0.2, 0.25) is 0 Å². The van der Waals surface area contributed by atoms with Gasteiger partial charge in [0.15, 0.2) is 0 Å². The van der Waals surface area contributed by atoms with Crippen molar-refractivity contribution in [2.24, 2.45) is 5.92 Å². The van der Waals surface area contributed by atoms with Crippen molar-refractivity contribution in [1.29, 1.82) is 0 Å². The molecule has 0 amide bonds. The third kappa shape index (κ3) is 16.1. The van der Waals surface area contributed by atoms with E-state index >= 15 is 0 Å². The van der Waals surface area contributed by atoms with E-state index in [0.717, 1.165) is 0 Å². The van der Waals surface area contributed by atoms with E-state index in [1.54, 1.807) is 0 Å². The van der Waals surface area contributed by atoms with Gasteiger partial charge in [0.2, 0.25) is 4.38 Å². The predicted octanol–water partition coefficient (Wildman–Crippen LogP) is 0.400. The minimum atomic E-state index is 0. The topological polar surface area (TPSA) is 40.7 Å². The van der Waals surface area contributed by atoms with Gasteiger partial charge in [-0.05, 0) is 18.1 Å². The Balaban J connectivity index is -0.000000245. The molecule has 0 aromatic heterocycles.